The van der Waals surface area contributed by atoms with Gasteiger partial charge in [-0.3, -0.25) is 10.2 Å². The number of hydrogen-bond donors (Lipinski definition) is 1. The Labute approximate surface area is 68.0 Å². The second-order valence-electron chi connectivity index (χ2n) is 4.29. The molecule has 0 aromatic heterocycles. The Morgan fingerprint density at radius 1 is 1.18 bits per heavy atom. The summed E-state index contributed by atoms with van der Waals surface area (Å²) in [6, 6.07) is 0.865. The normalized spacial score (nSPS) is 49.6. The van der Waals surface area contributed by atoms with Crippen LogP contribution < -0.4 is 5.32 Å². The summed E-state index contributed by atoms with van der Waals surface area (Å²) in [5, 5.41) is 3.79. The van der Waals surface area contributed by atoms with Gasteiger partial charge in [0.1, 0.15) is 0 Å². The Hall–Kier alpha value is -0.0800. The molecule has 62 valence electrons. The van der Waals surface area contributed by atoms with Gasteiger partial charge in [-0.05, 0) is 32.1 Å². The van der Waals surface area contributed by atoms with Crippen LogP contribution in [0.3, 0.4) is 0 Å². The van der Waals surface area contributed by atoms with Crippen molar-refractivity contribution in [2.45, 2.75) is 43.8 Å². The van der Waals surface area contributed by atoms with Crippen molar-refractivity contribution in [3.8, 4) is 0 Å². The molecule has 3 rings (SSSR count). The molecule has 0 saturated carbocycles. The minimum atomic E-state index is 0.489. The fraction of sp³-hybridized carbons (Fsp3) is 1.00. The molecule has 0 aromatic carbocycles. The highest BCUT2D eigenvalue weighted by Gasteiger charge is 2.48. The molecule has 2 nitrogen and oxygen atoms in total. The molecular weight excluding hydrogens is 136 g/mol. The van der Waals surface area contributed by atoms with Crippen molar-refractivity contribution in [3.63, 3.8) is 0 Å². The van der Waals surface area contributed by atoms with Crippen molar-refractivity contribution in [2.75, 3.05) is 13.1 Å². The van der Waals surface area contributed by atoms with Gasteiger partial charge in [0.05, 0.1) is 5.66 Å². The van der Waals surface area contributed by atoms with E-state index >= 15 is 0 Å². The van der Waals surface area contributed by atoms with Crippen LogP contribution in [0.25, 0.3) is 0 Å². The van der Waals surface area contributed by atoms with E-state index in [1.807, 2.05) is 0 Å². The third-order valence-electron chi connectivity index (χ3n) is 3.57. The summed E-state index contributed by atoms with van der Waals surface area (Å²) in [7, 11) is 0. The molecule has 3 heterocycles. The van der Waals surface area contributed by atoms with Crippen molar-refractivity contribution in [2.24, 2.45) is 0 Å². The molecule has 0 spiro atoms. The summed E-state index contributed by atoms with van der Waals surface area (Å²) in [5.74, 6) is 0. The maximum Gasteiger partial charge on any atom is 0.0716 e. The molecule has 0 aliphatic carbocycles. The van der Waals surface area contributed by atoms with E-state index in [2.05, 4.69) is 10.2 Å². The van der Waals surface area contributed by atoms with E-state index in [0.717, 1.165) is 6.04 Å². The van der Waals surface area contributed by atoms with Gasteiger partial charge in [-0.1, -0.05) is 0 Å². The van der Waals surface area contributed by atoms with Crippen LogP contribution in [0.15, 0.2) is 0 Å². The Bertz CT molecular complexity index is 172. The van der Waals surface area contributed by atoms with Gasteiger partial charge in [0.2, 0.25) is 0 Å². The molecule has 1 N–H and O–H groups in total. The first kappa shape index (κ1) is 6.44. The number of nitrogens with zero attached hydrogens (tertiary/aromatic N) is 1. The highest BCUT2D eigenvalue weighted by Crippen LogP contribution is 2.40. The van der Waals surface area contributed by atoms with E-state index < -0.39 is 0 Å². The Kier molecular flexibility index (Phi) is 1.16. The average Bonchev–Trinajstić information content (AvgIpc) is 2.81. The van der Waals surface area contributed by atoms with Crippen molar-refractivity contribution in [3.05, 3.63) is 0 Å². The topological polar surface area (TPSA) is 15.0 Å². The monoisotopic (exact) mass is 152 g/mol. The maximum atomic E-state index is 3.79. The molecule has 3 aliphatic heterocycles. The lowest BCUT2D eigenvalue weighted by molar-refractivity contribution is 0.148. The Morgan fingerprint density at radius 3 is 2.91 bits per heavy atom. The van der Waals surface area contributed by atoms with Crippen LogP contribution in [0.4, 0.5) is 0 Å². The van der Waals surface area contributed by atoms with Gasteiger partial charge in [-0.2, -0.15) is 0 Å². The fourth-order valence-corrected chi connectivity index (χ4v) is 2.88. The van der Waals surface area contributed by atoms with Crippen LogP contribution in [0.1, 0.15) is 32.1 Å². The van der Waals surface area contributed by atoms with E-state index in [4.69, 9.17) is 0 Å². The van der Waals surface area contributed by atoms with E-state index in [-0.39, 0.29) is 0 Å². The zero-order chi connectivity index (χ0) is 7.31. The molecule has 2 atom stereocenters. The van der Waals surface area contributed by atoms with Crippen LogP contribution in [-0.2, 0) is 0 Å². The van der Waals surface area contributed by atoms with E-state index in [0.29, 0.717) is 5.66 Å². The molecule has 3 fully saturated rings. The third kappa shape index (κ3) is 0.859. The van der Waals surface area contributed by atoms with Gasteiger partial charge >= 0.3 is 0 Å². The first-order chi connectivity index (χ1) is 5.39. The Balaban J connectivity index is 1.84. The van der Waals surface area contributed by atoms with E-state index in [1.54, 1.807) is 0 Å². The SMILES string of the molecule is C1CC2CCC(N3CC3)(C1)N2. The second-order valence-corrected chi connectivity index (χ2v) is 4.29. The molecular formula is C9H16N2. The maximum absolute atomic E-state index is 3.79. The minimum absolute atomic E-state index is 0.489. The predicted molar refractivity (Wildman–Crippen MR) is 44.3 cm³/mol. The zero-order valence-corrected chi connectivity index (χ0v) is 6.97. The lowest BCUT2D eigenvalue weighted by Crippen LogP contribution is -2.52. The third-order valence-corrected chi connectivity index (χ3v) is 3.57. The summed E-state index contributed by atoms with van der Waals surface area (Å²) in [6.07, 6.45) is 7.13. The van der Waals surface area contributed by atoms with Crippen molar-refractivity contribution >= 4 is 0 Å². The van der Waals surface area contributed by atoms with E-state index in [9.17, 15) is 0 Å². The summed E-state index contributed by atoms with van der Waals surface area (Å²) >= 11 is 0. The average molecular weight is 152 g/mol. The highest BCUT2D eigenvalue weighted by atomic mass is 15.4. The van der Waals surface area contributed by atoms with Crippen LogP contribution in [-0.4, -0.2) is 29.7 Å². The van der Waals surface area contributed by atoms with Gasteiger partial charge in [0, 0.05) is 19.1 Å². The van der Waals surface area contributed by atoms with E-state index in [1.165, 1.54) is 45.2 Å². The van der Waals surface area contributed by atoms with Crippen molar-refractivity contribution in [1.82, 2.24) is 10.2 Å². The van der Waals surface area contributed by atoms with Crippen molar-refractivity contribution in [1.29, 1.82) is 0 Å². The second kappa shape index (κ2) is 1.99. The van der Waals surface area contributed by atoms with Gasteiger partial charge in [-0.25, -0.2) is 0 Å². The van der Waals surface area contributed by atoms with Gasteiger partial charge < -0.3 is 0 Å². The van der Waals surface area contributed by atoms with Crippen LogP contribution in [0, 0.1) is 0 Å². The first-order valence-corrected chi connectivity index (χ1v) is 4.92. The lowest BCUT2D eigenvalue weighted by atomic mass is 10.00. The van der Waals surface area contributed by atoms with Gasteiger partial charge in [0.15, 0.2) is 0 Å². The molecule has 3 saturated heterocycles. The number of piperidine rings is 1. The number of rotatable bonds is 1. The molecule has 0 radical (unpaired) electrons. The number of nitrogens with one attached hydrogen (secondary N) is 1. The molecule has 0 amide bonds. The molecule has 2 bridgehead atoms. The number of fused-ring (bicyclic) bond motifs is 2. The number of hydrogen-bond acceptors (Lipinski definition) is 2. The smallest absolute Gasteiger partial charge is 0.0716 e. The molecule has 2 heteroatoms. The predicted octanol–water partition coefficient (Wildman–Crippen LogP) is 0.934. The molecule has 0 aromatic rings. The largest absolute Gasteiger partial charge is 0.296 e. The summed E-state index contributed by atoms with van der Waals surface area (Å²) in [5.41, 5.74) is 0.489. The molecule has 11 heavy (non-hydrogen) atoms. The fourth-order valence-electron chi connectivity index (χ4n) is 2.88. The molecule has 3 aliphatic rings. The molecule has 2 unspecified atom stereocenters. The van der Waals surface area contributed by atoms with Crippen molar-refractivity contribution < 1.29 is 0 Å². The van der Waals surface area contributed by atoms with Gasteiger partial charge in [0.25, 0.3) is 0 Å². The van der Waals surface area contributed by atoms with Crippen LogP contribution in [0.2, 0.25) is 0 Å². The first-order valence-electron chi connectivity index (χ1n) is 4.92. The highest BCUT2D eigenvalue weighted by molar-refractivity contribution is 5.04. The Morgan fingerprint density at radius 2 is 2.09 bits per heavy atom. The zero-order valence-electron chi connectivity index (χ0n) is 6.97. The minimum Gasteiger partial charge on any atom is -0.296 e. The quantitative estimate of drug-likeness (QED) is 0.562. The lowest BCUT2D eigenvalue weighted by Gasteiger charge is -2.36. The van der Waals surface area contributed by atoms with Gasteiger partial charge in [-0.15, -0.1) is 0 Å². The van der Waals surface area contributed by atoms with Crippen LogP contribution >= 0.6 is 0 Å². The summed E-state index contributed by atoms with van der Waals surface area (Å²) in [6.45, 7) is 2.69. The summed E-state index contributed by atoms with van der Waals surface area (Å²) < 4.78 is 0. The summed E-state index contributed by atoms with van der Waals surface area (Å²) in [4.78, 5) is 2.62. The van der Waals surface area contributed by atoms with Crippen LogP contribution in [0.5, 0.6) is 0 Å². The standard InChI is InChI=1S/C9H16N2/c1-2-8-3-5-9(4-1,10-8)11-6-7-11/h8,10H,1-7H2.